The number of hydrogen-bond donors (Lipinski definition) is 1. The Bertz CT molecular complexity index is 243. The second kappa shape index (κ2) is 4.60. The molecule has 1 aliphatic heterocycles. The molecule has 4 nitrogen and oxygen atoms in total. The minimum absolute atomic E-state index is 0.0555. The Morgan fingerprint density at radius 2 is 2.13 bits per heavy atom. The van der Waals surface area contributed by atoms with Crippen molar-refractivity contribution in [2.24, 2.45) is 11.7 Å². The molecule has 0 saturated carbocycles. The Morgan fingerprint density at radius 1 is 1.53 bits per heavy atom. The average Bonchev–Trinajstić information content (AvgIpc) is 2.40. The lowest BCUT2D eigenvalue weighted by atomic mass is 10.1. The Balaban J connectivity index is 2.58. The molecule has 1 saturated heterocycles. The molecule has 0 spiro atoms. The van der Waals surface area contributed by atoms with Gasteiger partial charge in [-0.3, -0.25) is 4.79 Å². The summed E-state index contributed by atoms with van der Waals surface area (Å²) in [5.74, 6) is 0.416. The van der Waals surface area contributed by atoms with Gasteiger partial charge in [0.05, 0.1) is 19.6 Å². The van der Waals surface area contributed by atoms with Crippen LogP contribution in [-0.2, 0) is 9.53 Å². The van der Waals surface area contributed by atoms with Gasteiger partial charge in [-0.25, -0.2) is 0 Å². The van der Waals surface area contributed by atoms with Crippen LogP contribution in [-0.4, -0.2) is 56.2 Å². The number of nitrogens with zero attached hydrogens (tertiary/aromatic N) is 1. The van der Waals surface area contributed by atoms with Crippen LogP contribution in [0, 0.1) is 5.92 Å². The van der Waals surface area contributed by atoms with Crippen LogP contribution in [0.5, 0.6) is 0 Å². The van der Waals surface area contributed by atoms with Gasteiger partial charge in [0.1, 0.15) is 19.2 Å². The highest BCUT2D eigenvalue weighted by Crippen LogP contribution is 2.19. The minimum atomic E-state index is 0.0555. The largest absolute Gasteiger partial charge is 0.374 e. The number of likely N-dealkylation sites (N-methyl/N-ethyl adjacent to an activating group) is 1. The van der Waals surface area contributed by atoms with Gasteiger partial charge < -0.3 is 15.0 Å². The number of methoxy groups -OCH3 is 1. The quantitative estimate of drug-likeness (QED) is 0.672. The second-order valence-electron chi connectivity index (χ2n) is 5.20. The van der Waals surface area contributed by atoms with Crippen molar-refractivity contribution in [1.29, 1.82) is 0 Å². The van der Waals surface area contributed by atoms with Crippen molar-refractivity contribution in [2.75, 3.05) is 33.8 Å². The fourth-order valence-corrected chi connectivity index (χ4v) is 2.21. The van der Waals surface area contributed by atoms with E-state index in [-0.39, 0.29) is 18.1 Å². The highest BCUT2D eigenvalue weighted by molar-refractivity contribution is 5.81. The first-order chi connectivity index (χ1) is 6.88. The van der Waals surface area contributed by atoms with Crippen LogP contribution in [0.3, 0.4) is 0 Å². The summed E-state index contributed by atoms with van der Waals surface area (Å²) < 4.78 is 6.03. The molecule has 1 fully saturated rings. The summed E-state index contributed by atoms with van der Waals surface area (Å²) in [7, 11) is 3.77. The van der Waals surface area contributed by atoms with E-state index in [0.29, 0.717) is 12.3 Å². The third-order valence-electron chi connectivity index (χ3n) is 3.23. The van der Waals surface area contributed by atoms with Gasteiger partial charge >= 0.3 is 0 Å². The minimum Gasteiger partial charge on any atom is -0.374 e. The molecule has 3 atom stereocenters. The van der Waals surface area contributed by atoms with Crippen molar-refractivity contribution in [1.82, 2.24) is 0 Å². The summed E-state index contributed by atoms with van der Waals surface area (Å²) in [5.41, 5.74) is 5.97. The van der Waals surface area contributed by atoms with E-state index in [1.165, 1.54) is 0 Å². The Morgan fingerprint density at radius 3 is 2.53 bits per heavy atom. The number of ketones is 1. The van der Waals surface area contributed by atoms with E-state index in [1.54, 1.807) is 7.11 Å². The molecule has 0 aromatic carbocycles. The van der Waals surface area contributed by atoms with E-state index in [4.69, 9.17) is 10.5 Å². The highest BCUT2D eigenvalue weighted by atomic mass is 16.5. The molecule has 88 valence electrons. The summed E-state index contributed by atoms with van der Waals surface area (Å²) in [6.07, 6.45) is 0.0926. The van der Waals surface area contributed by atoms with Gasteiger partial charge in [-0.1, -0.05) is 13.8 Å². The molecule has 0 aliphatic carbocycles. The van der Waals surface area contributed by atoms with Crippen LogP contribution in [0.2, 0.25) is 0 Å². The maximum absolute atomic E-state index is 11.7. The normalized spacial score (nSPS) is 36.1. The van der Waals surface area contributed by atoms with Crippen LogP contribution >= 0.6 is 0 Å². The summed E-state index contributed by atoms with van der Waals surface area (Å²) in [5, 5.41) is 0. The predicted molar refractivity (Wildman–Crippen MR) is 59.4 cm³/mol. The number of likely N-dealkylation sites (tertiary alicyclic amines) is 1. The first-order valence-electron chi connectivity index (χ1n) is 5.52. The smallest absolute Gasteiger partial charge is 0.189 e. The number of Topliss-reactive ketones (excluding diaryl/α,β-unsaturated/α-hetero) is 1. The monoisotopic (exact) mass is 215 g/mol. The SMILES string of the molecule is CO[C@@H]1C[N+](C)(CC(=O)C(C)C)C[C@H]1N. The predicted octanol–water partition coefficient (Wildman–Crippen LogP) is 0.0140. The summed E-state index contributed by atoms with van der Waals surface area (Å²) in [6.45, 7) is 6.13. The molecule has 4 heteroatoms. The number of ether oxygens (including phenoxy) is 1. The molecule has 1 aliphatic rings. The fraction of sp³-hybridized carbons (Fsp3) is 0.909. The van der Waals surface area contributed by atoms with Gasteiger partial charge in [0.15, 0.2) is 5.78 Å². The number of carbonyl (C=O) groups is 1. The Labute approximate surface area is 92.0 Å². The molecular weight excluding hydrogens is 192 g/mol. The lowest BCUT2D eigenvalue weighted by molar-refractivity contribution is -0.891. The second-order valence-corrected chi connectivity index (χ2v) is 5.20. The number of carbonyl (C=O) groups excluding carboxylic acids is 1. The van der Waals surface area contributed by atoms with Crippen LogP contribution in [0.25, 0.3) is 0 Å². The van der Waals surface area contributed by atoms with E-state index >= 15 is 0 Å². The molecule has 0 aromatic rings. The zero-order chi connectivity index (χ0) is 11.6. The number of nitrogens with two attached hydrogens (primary N) is 1. The molecular formula is C11H23N2O2+. The van der Waals surface area contributed by atoms with Crippen LogP contribution in [0.1, 0.15) is 13.8 Å². The van der Waals surface area contributed by atoms with E-state index in [0.717, 1.165) is 17.6 Å². The average molecular weight is 215 g/mol. The molecule has 1 rings (SSSR count). The van der Waals surface area contributed by atoms with Crippen molar-refractivity contribution in [3.8, 4) is 0 Å². The molecule has 0 aromatic heterocycles. The van der Waals surface area contributed by atoms with Crippen molar-refractivity contribution < 1.29 is 14.0 Å². The van der Waals surface area contributed by atoms with Gasteiger partial charge in [0.2, 0.25) is 0 Å². The maximum Gasteiger partial charge on any atom is 0.189 e. The van der Waals surface area contributed by atoms with Gasteiger partial charge in [-0.2, -0.15) is 0 Å². The van der Waals surface area contributed by atoms with Gasteiger partial charge in [-0.05, 0) is 0 Å². The Hall–Kier alpha value is -0.450. The number of quaternary nitrogens is 1. The van der Waals surface area contributed by atoms with Crippen molar-refractivity contribution in [3.63, 3.8) is 0 Å². The maximum atomic E-state index is 11.7. The first-order valence-corrected chi connectivity index (χ1v) is 5.52. The van der Waals surface area contributed by atoms with E-state index in [9.17, 15) is 4.79 Å². The first kappa shape index (κ1) is 12.6. The van der Waals surface area contributed by atoms with Gasteiger partial charge in [-0.15, -0.1) is 0 Å². The van der Waals surface area contributed by atoms with Gasteiger partial charge in [0, 0.05) is 13.0 Å². The fourth-order valence-electron chi connectivity index (χ4n) is 2.21. The summed E-state index contributed by atoms with van der Waals surface area (Å²) >= 11 is 0. The molecule has 15 heavy (non-hydrogen) atoms. The third kappa shape index (κ3) is 3.00. The zero-order valence-corrected chi connectivity index (χ0v) is 10.2. The zero-order valence-electron chi connectivity index (χ0n) is 10.2. The molecule has 0 radical (unpaired) electrons. The Kier molecular flexibility index (Phi) is 3.87. The summed E-state index contributed by atoms with van der Waals surface area (Å²) in [6, 6.07) is 0.0555. The van der Waals surface area contributed by atoms with Crippen LogP contribution in [0.4, 0.5) is 0 Å². The van der Waals surface area contributed by atoms with E-state index < -0.39 is 0 Å². The third-order valence-corrected chi connectivity index (χ3v) is 3.23. The van der Waals surface area contributed by atoms with Crippen molar-refractivity contribution in [3.05, 3.63) is 0 Å². The molecule has 0 amide bonds. The molecule has 2 N–H and O–H groups in total. The van der Waals surface area contributed by atoms with Crippen LogP contribution in [0.15, 0.2) is 0 Å². The molecule has 0 bridgehead atoms. The standard InChI is InChI=1S/C11H23N2O2/c1-8(2)10(14)6-13(3)5-9(12)11(7-13)15-4/h8-9,11H,5-7,12H2,1-4H3/q+1/t9-,11-,13?/m1/s1. The molecule has 1 unspecified atom stereocenters. The van der Waals surface area contributed by atoms with Gasteiger partial charge in [0.25, 0.3) is 0 Å². The summed E-state index contributed by atoms with van der Waals surface area (Å²) in [4.78, 5) is 11.7. The number of hydrogen-bond acceptors (Lipinski definition) is 3. The van der Waals surface area contributed by atoms with Crippen molar-refractivity contribution in [2.45, 2.75) is 26.0 Å². The number of rotatable bonds is 4. The van der Waals surface area contributed by atoms with E-state index in [2.05, 4.69) is 7.05 Å². The van der Waals surface area contributed by atoms with E-state index in [1.807, 2.05) is 13.8 Å². The van der Waals surface area contributed by atoms with Crippen LogP contribution < -0.4 is 5.73 Å². The van der Waals surface area contributed by atoms with Crippen molar-refractivity contribution >= 4 is 5.78 Å². The lowest BCUT2D eigenvalue weighted by Crippen LogP contribution is -2.48. The highest BCUT2D eigenvalue weighted by Gasteiger charge is 2.42. The lowest BCUT2D eigenvalue weighted by Gasteiger charge is -2.29. The topological polar surface area (TPSA) is 52.3 Å². The molecule has 1 heterocycles.